The lowest BCUT2D eigenvalue weighted by atomic mass is 10.1. The number of ether oxygens (including phenoxy) is 1. The Bertz CT molecular complexity index is 796. The smallest absolute Gasteiger partial charge is 0.356 e. The second-order valence-electron chi connectivity index (χ2n) is 6.40. The van der Waals surface area contributed by atoms with Gasteiger partial charge in [0.05, 0.1) is 25.9 Å². The zero-order valence-corrected chi connectivity index (χ0v) is 15.6. The first-order valence-corrected chi connectivity index (χ1v) is 9.60. The van der Waals surface area contributed by atoms with Crippen LogP contribution in [0.4, 0.5) is 5.69 Å². The zero-order valence-electron chi connectivity index (χ0n) is 14.8. The number of aromatic nitrogens is 1. The molecule has 25 heavy (non-hydrogen) atoms. The summed E-state index contributed by atoms with van der Waals surface area (Å²) in [5, 5.41) is 3.80. The van der Waals surface area contributed by atoms with Crippen molar-refractivity contribution in [1.82, 2.24) is 4.98 Å². The van der Waals surface area contributed by atoms with E-state index in [-0.39, 0.29) is 17.6 Å². The first kappa shape index (κ1) is 17.8. The van der Waals surface area contributed by atoms with Crippen LogP contribution < -0.4 is 10.2 Å². The van der Waals surface area contributed by atoms with Gasteiger partial charge >= 0.3 is 5.97 Å². The van der Waals surface area contributed by atoms with E-state index < -0.39 is 5.97 Å². The molecule has 6 nitrogen and oxygen atoms in total. The third-order valence-corrected chi connectivity index (χ3v) is 5.72. The van der Waals surface area contributed by atoms with Crippen molar-refractivity contribution in [3.8, 4) is 0 Å². The predicted molar refractivity (Wildman–Crippen MR) is 100 cm³/mol. The second-order valence-corrected chi connectivity index (χ2v) is 7.62. The molecule has 2 aromatic rings. The Balaban J connectivity index is 1.91. The number of esters is 1. The van der Waals surface area contributed by atoms with E-state index in [1.165, 1.54) is 12.0 Å². The van der Waals surface area contributed by atoms with Gasteiger partial charge in [-0.25, -0.2) is 4.79 Å². The molecular formula is C18H24N3O3S+. The number of H-pyrrole nitrogens is 1. The van der Waals surface area contributed by atoms with Crippen LogP contribution >= 0.6 is 11.8 Å². The summed E-state index contributed by atoms with van der Waals surface area (Å²) < 4.78 is 4.87. The fraction of sp³-hybridized carbons (Fsp3) is 0.444. The first-order chi connectivity index (χ1) is 12.0. The standard InChI is InChI=1S/C18H23N3O3S/c1-11-4-5-14-13(10-11)15(16(19-14)18(23)24-3)20-17(22)12(2)21-6-8-25-9-7-21/h4-5,10,12,19H,6-9H2,1-3H3,(H,20,22)/p+1/t12-/m0/s1. The summed E-state index contributed by atoms with van der Waals surface area (Å²) in [7, 11) is 1.34. The van der Waals surface area contributed by atoms with E-state index in [2.05, 4.69) is 10.3 Å². The molecule has 0 spiro atoms. The maximum Gasteiger partial charge on any atom is 0.356 e. The van der Waals surface area contributed by atoms with Crippen molar-refractivity contribution in [1.29, 1.82) is 0 Å². The third-order valence-electron chi connectivity index (χ3n) is 4.73. The van der Waals surface area contributed by atoms with Crippen LogP contribution in [0.15, 0.2) is 18.2 Å². The summed E-state index contributed by atoms with van der Waals surface area (Å²) in [6.07, 6.45) is 0. The third kappa shape index (κ3) is 3.67. The number of aryl methyl sites for hydroxylation is 1. The fourth-order valence-corrected chi connectivity index (χ4v) is 4.19. The summed E-state index contributed by atoms with van der Waals surface area (Å²) in [6.45, 7) is 5.89. The highest BCUT2D eigenvalue weighted by Gasteiger charge is 2.29. The van der Waals surface area contributed by atoms with Gasteiger partial charge in [-0.3, -0.25) is 4.79 Å². The number of aromatic amines is 1. The van der Waals surface area contributed by atoms with Crippen LogP contribution in [-0.2, 0) is 9.53 Å². The van der Waals surface area contributed by atoms with Gasteiger partial charge in [0.2, 0.25) is 0 Å². The molecule has 2 heterocycles. The van der Waals surface area contributed by atoms with Crippen LogP contribution in [0.25, 0.3) is 10.9 Å². The number of quaternary nitrogens is 1. The van der Waals surface area contributed by atoms with Gasteiger partial charge in [-0.2, -0.15) is 11.8 Å². The number of hydrogen-bond donors (Lipinski definition) is 3. The molecule has 3 N–H and O–H groups in total. The molecule has 0 radical (unpaired) electrons. The first-order valence-electron chi connectivity index (χ1n) is 8.45. The molecule has 1 saturated heterocycles. The molecule has 0 bridgehead atoms. The topological polar surface area (TPSA) is 75.6 Å². The number of carbonyl (C=O) groups excluding carboxylic acids is 2. The molecule has 1 aliphatic rings. The van der Waals surface area contributed by atoms with Crippen molar-refractivity contribution in [2.45, 2.75) is 19.9 Å². The predicted octanol–water partition coefficient (Wildman–Crippen LogP) is 1.22. The number of amides is 1. The quantitative estimate of drug-likeness (QED) is 0.715. The average molecular weight is 362 g/mol. The number of carbonyl (C=O) groups is 2. The van der Waals surface area contributed by atoms with Crippen LogP contribution in [0.2, 0.25) is 0 Å². The molecule has 3 rings (SSSR count). The molecule has 1 fully saturated rings. The van der Waals surface area contributed by atoms with Crippen LogP contribution in [0, 0.1) is 6.92 Å². The van der Waals surface area contributed by atoms with Crippen LogP contribution in [0.1, 0.15) is 23.0 Å². The highest BCUT2D eigenvalue weighted by molar-refractivity contribution is 7.99. The van der Waals surface area contributed by atoms with Crippen molar-refractivity contribution < 1.29 is 19.2 Å². The number of nitrogens with one attached hydrogen (secondary N) is 3. The van der Waals surface area contributed by atoms with E-state index in [9.17, 15) is 9.59 Å². The molecular weight excluding hydrogens is 338 g/mol. The maximum atomic E-state index is 12.8. The van der Waals surface area contributed by atoms with Crippen LogP contribution in [0.3, 0.4) is 0 Å². The number of anilines is 1. The SMILES string of the molecule is COC(=O)c1[nH]c2ccc(C)cc2c1NC(=O)[C@H](C)[NH+]1CCSCC1. The number of fused-ring (bicyclic) bond motifs is 1. The summed E-state index contributed by atoms with van der Waals surface area (Å²) in [6, 6.07) is 5.66. The molecule has 1 aliphatic heterocycles. The van der Waals surface area contributed by atoms with Crippen LogP contribution in [0.5, 0.6) is 0 Å². The maximum absolute atomic E-state index is 12.8. The minimum Gasteiger partial charge on any atom is -0.464 e. The van der Waals surface area contributed by atoms with Gasteiger partial charge in [0.25, 0.3) is 5.91 Å². The Morgan fingerprint density at radius 1 is 1.32 bits per heavy atom. The minimum absolute atomic E-state index is 0.0746. The van der Waals surface area contributed by atoms with E-state index in [0.29, 0.717) is 5.69 Å². The largest absolute Gasteiger partial charge is 0.464 e. The second kappa shape index (κ2) is 7.49. The molecule has 1 aromatic carbocycles. The summed E-state index contributed by atoms with van der Waals surface area (Å²) in [5.74, 6) is 1.59. The highest BCUT2D eigenvalue weighted by atomic mass is 32.2. The van der Waals surface area contributed by atoms with Gasteiger partial charge in [0.15, 0.2) is 6.04 Å². The minimum atomic E-state index is -0.487. The molecule has 0 aliphatic carbocycles. The lowest BCUT2D eigenvalue weighted by Crippen LogP contribution is -3.18. The number of benzene rings is 1. The molecule has 1 aromatic heterocycles. The van der Waals surface area contributed by atoms with Crippen molar-refractivity contribution >= 4 is 40.2 Å². The van der Waals surface area contributed by atoms with Gasteiger partial charge in [-0.1, -0.05) is 11.6 Å². The van der Waals surface area contributed by atoms with E-state index >= 15 is 0 Å². The Morgan fingerprint density at radius 2 is 2.04 bits per heavy atom. The molecule has 7 heteroatoms. The van der Waals surface area contributed by atoms with E-state index in [1.807, 2.05) is 43.8 Å². The highest BCUT2D eigenvalue weighted by Crippen LogP contribution is 2.29. The normalized spacial score (nSPS) is 16.6. The Labute approximate surface area is 151 Å². The van der Waals surface area contributed by atoms with Gasteiger partial charge in [0, 0.05) is 22.4 Å². The molecule has 1 amide bonds. The van der Waals surface area contributed by atoms with Gasteiger partial charge in [-0.05, 0) is 26.0 Å². The molecule has 134 valence electrons. The number of thioether (sulfide) groups is 1. The Morgan fingerprint density at radius 3 is 2.72 bits per heavy atom. The number of methoxy groups -OCH3 is 1. The van der Waals surface area contributed by atoms with Gasteiger partial charge < -0.3 is 19.9 Å². The zero-order chi connectivity index (χ0) is 18.0. The number of hydrogen-bond acceptors (Lipinski definition) is 4. The van der Waals surface area contributed by atoms with Crippen molar-refractivity contribution in [2.75, 3.05) is 37.0 Å². The monoisotopic (exact) mass is 362 g/mol. The Kier molecular flexibility index (Phi) is 5.34. The number of rotatable bonds is 4. The molecule has 0 unspecified atom stereocenters. The lowest BCUT2D eigenvalue weighted by Gasteiger charge is -2.28. The van der Waals surface area contributed by atoms with Gasteiger partial charge in [-0.15, -0.1) is 0 Å². The van der Waals surface area contributed by atoms with E-state index in [4.69, 9.17) is 4.74 Å². The van der Waals surface area contributed by atoms with Crippen molar-refractivity contribution in [3.05, 3.63) is 29.5 Å². The molecule has 1 atom stereocenters. The summed E-state index contributed by atoms with van der Waals surface area (Å²) >= 11 is 1.93. The summed E-state index contributed by atoms with van der Waals surface area (Å²) in [4.78, 5) is 29.3. The lowest BCUT2D eigenvalue weighted by molar-refractivity contribution is -0.910. The van der Waals surface area contributed by atoms with E-state index in [1.54, 1.807) is 0 Å². The fourth-order valence-electron chi connectivity index (χ4n) is 3.17. The van der Waals surface area contributed by atoms with Gasteiger partial charge in [0.1, 0.15) is 5.69 Å². The Hall–Kier alpha value is -1.99. The van der Waals surface area contributed by atoms with E-state index in [0.717, 1.165) is 41.1 Å². The average Bonchev–Trinajstić information content (AvgIpc) is 2.98. The van der Waals surface area contributed by atoms with Crippen LogP contribution in [-0.4, -0.2) is 54.6 Å². The van der Waals surface area contributed by atoms with Crippen molar-refractivity contribution in [3.63, 3.8) is 0 Å². The summed E-state index contributed by atoms with van der Waals surface area (Å²) in [5.41, 5.74) is 2.65. The molecule has 0 saturated carbocycles. The van der Waals surface area contributed by atoms with Crippen molar-refractivity contribution in [2.24, 2.45) is 0 Å².